The van der Waals surface area contributed by atoms with Crippen LogP contribution in [0.4, 0.5) is 10.5 Å². The lowest BCUT2D eigenvalue weighted by Gasteiger charge is -2.39. The third-order valence-corrected chi connectivity index (χ3v) is 4.88. The van der Waals surface area contributed by atoms with Crippen LogP contribution in [0.25, 0.3) is 0 Å². The molecule has 2 aromatic rings. The van der Waals surface area contributed by atoms with E-state index >= 15 is 0 Å². The van der Waals surface area contributed by atoms with Crippen molar-refractivity contribution in [3.63, 3.8) is 0 Å². The van der Waals surface area contributed by atoms with E-state index in [0.717, 1.165) is 29.0 Å². The van der Waals surface area contributed by atoms with Gasteiger partial charge in [0.2, 0.25) is 5.91 Å². The average molecular weight is 378 g/mol. The van der Waals surface area contributed by atoms with E-state index in [2.05, 4.69) is 10.3 Å². The number of hydrogen-bond acceptors (Lipinski definition) is 4. The zero-order chi connectivity index (χ0) is 19.5. The number of carbonyl (C=O) groups excluding carboxylic acids is 2. The van der Waals surface area contributed by atoms with Crippen molar-refractivity contribution in [2.24, 2.45) is 4.99 Å². The first kappa shape index (κ1) is 18.0. The van der Waals surface area contributed by atoms with Crippen LogP contribution < -0.4 is 15.0 Å². The number of urea groups is 1. The molecule has 2 heterocycles. The van der Waals surface area contributed by atoms with Crippen molar-refractivity contribution >= 4 is 23.5 Å². The highest BCUT2D eigenvalue weighted by Crippen LogP contribution is 2.30. The van der Waals surface area contributed by atoms with Crippen LogP contribution in [0.1, 0.15) is 17.5 Å². The first-order chi connectivity index (χ1) is 13.7. The van der Waals surface area contributed by atoms with Gasteiger partial charge < -0.3 is 10.1 Å². The summed E-state index contributed by atoms with van der Waals surface area (Å²) in [5.41, 5.74) is 2.55. The number of hydrogen-bond donors (Lipinski definition) is 1. The van der Waals surface area contributed by atoms with Crippen LogP contribution in [0.2, 0.25) is 0 Å². The molecule has 0 aromatic heterocycles. The molecule has 0 spiro atoms. The maximum absolute atomic E-state index is 13.0. The van der Waals surface area contributed by atoms with Gasteiger partial charge in [0, 0.05) is 25.2 Å². The fourth-order valence-corrected chi connectivity index (χ4v) is 3.50. The van der Waals surface area contributed by atoms with E-state index in [9.17, 15) is 9.59 Å². The van der Waals surface area contributed by atoms with Crippen LogP contribution in [-0.4, -0.2) is 49.4 Å². The number of anilines is 1. The molecule has 0 atom stereocenters. The Bertz CT molecular complexity index is 941. The van der Waals surface area contributed by atoms with E-state index < -0.39 is 0 Å². The number of fused-ring (bicyclic) bond motifs is 3. The molecule has 144 valence electrons. The van der Waals surface area contributed by atoms with Gasteiger partial charge in [-0.2, -0.15) is 0 Å². The topological polar surface area (TPSA) is 74.2 Å². The number of para-hydroxylation sites is 1. The molecule has 0 aliphatic carbocycles. The fraction of sp³-hybridized carbons (Fsp3) is 0.286. The molecule has 2 aliphatic rings. The maximum Gasteiger partial charge on any atom is 0.330 e. The Morgan fingerprint density at radius 1 is 1.21 bits per heavy atom. The molecule has 1 N–H and O–H groups in total. The third kappa shape index (κ3) is 3.43. The quantitative estimate of drug-likeness (QED) is 0.868. The van der Waals surface area contributed by atoms with Crippen LogP contribution in [0.5, 0.6) is 5.75 Å². The smallest absolute Gasteiger partial charge is 0.330 e. The molecule has 0 saturated carbocycles. The third-order valence-electron chi connectivity index (χ3n) is 4.88. The van der Waals surface area contributed by atoms with Gasteiger partial charge in [-0.05, 0) is 36.2 Å². The van der Waals surface area contributed by atoms with E-state index in [0.29, 0.717) is 25.5 Å². The second kappa shape index (κ2) is 7.72. The molecule has 7 nitrogen and oxygen atoms in total. The highest BCUT2D eigenvalue weighted by Gasteiger charge is 2.36. The van der Waals surface area contributed by atoms with Crippen molar-refractivity contribution in [1.29, 1.82) is 0 Å². The summed E-state index contributed by atoms with van der Waals surface area (Å²) in [6, 6.07) is 14.9. The van der Waals surface area contributed by atoms with Gasteiger partial charge in [-0.25, -0.2) is 4.79 Å². The first-order valence-electron chi connectivity index (χ1n) is 9.30. The molecular weight excluding hydrogens is 356 g/mol. The number of carbonyl (C=O) groups is 2. The number of amides is 3. The van der Waals surface area contributed by atoms with Gasteiger partial charge in [0.15, 0.2) is 0 Å². The predicted molar refractivity (Wildman–Crippen MR) is 107 cm³/mol. The Balaban J connectivity index is 1.50. The summed E-state index contributed by atoms with van der Waals surface area (Å²) in [4.78, 5) is 33.3. The van der Waals surface area contributed by atoms with E-state index in [1.54, 1.807) is 12.0 Å². The molecule has 0 saturated heterocycles. The number of rotatable bonds is 5. The summed E-state index contributed by atoms with van der Waals surface area (Å²) in [5.74, 6) is 1.23. The Morgan fingerprint density at radius 3 is 2.93 bits per heavy atom. The predicted octanol–water partition coefficient (Wildman–Crippen LogP) is 2.40. The number of ether oxygens (including phenoxy) is 1. The van der Waals surface area contributed by atoms with Gasteiger partial charge in [0.05, 0.1) is 12.8 Å². The van der Waals surface area contributed by atoms with Crippen molar-refractivity contribution in [2.75, 3.05) is 31.6 Å². The Labute approximate surface area is 163 Å². The Morgan fingerprint density at radius 2 is 2.07 bits per heavy atom. The summed E-state index contributed by atoms with van der Waals surface area (Å²) in [7, 11) is 1.61. The number of benzene rings is 2. The second-order valence-electron chi connectivity index (χ2n) is 6.72. The Hall–Kier alpha value is -3.35. The minimum Gasteiger partial charge on any atom is -0.497 e. The van der Waals surface area contributed by atoms with Gasteiger partial charge in [-0.15, -0.1) is 0 Å². The normalized spacial score (nSPS) is 15.5. The molecule has 2 aliphatic heterocycles. The zero-order valence-electron chi connectivity index (χ0n) is 15.7. The minimum atomic E-state index is -0.219. The average Bonchev–Trinajstić information content (AvgIpc) is 2.75. The van der Waals surface area contributed by atoms with Crippen LogP contribution >= 0.6 is 0 Å². The van der Waals surface area contributed by atoms with Gasteiger partial charge in [-0.3, -0.25) is 19.6 Å². The molecule has 3 amide bonds. The van der Waals surface area contributed by atoms with Crippen LogP contribution in [-0.2, 0) is 11.3 Å². The summed E-state index contributed by atoms with van der Waals surface area (Å²) < 4.78 is 5.20. The maximum atomic E-state index is 13.0. The first-order valence-corrected chi connectivity index (χ1v) is 9.30. The largest absolute Gasteiger partial charge is 0.497 e. The van der Waals surface area contributed by atoms with E-state index in [-0.39, 0.29) is 18.5 Å². The molecule has 0 unspecified atom stereocenters. The summed E-state index contributed by atoms with van der Waals surface area (Å²) in [6.07, 6.45) is 0.827. The zero-order valence-corrected chi connectivity index (χ0v) is 15.7. The van der Waals surface area contributed by atoms with Crippen molar-refractivity contribution in [1.82, 2.24) is 10.2 Å². The second-order valence-corrected chi connectivity index (χ2v) is 6.72. The van der Waals surface area contributed by atoms with Crippen LogP contribution in [0, 0.1) is 0 Å². The van der Waals surface area contributed by atoms with E-state index in [1.807, 2.05) is 48.5 Å². The molecule has 0 bridgehead atoms. The van der Waals surface area contributed by atoms with Crippen molar-refractivity contribution < 1.29 is 14.3 Å². The van der Waals surface area contributed by atoms with Crippen LogP contribution in [0.3, 0.4) is 0 Å². The van der Waals surface area contributed by atoms with Crippen molar-refractivity contribution in [3.05, 3.63) is 59.7 Å². The monoisotopic (exact) mass is 378 g/mol. The number of amidine groups is 1. The number of nitrogens with zero attached hydrogens (tertiary/aromatic N) is 3. The number of nitrogens with one attached hydrogen (secondary N) is 1. The van der Waals surface area contributed by atoms with Crippen molar-refractivity contribution in [3.8, 4) is 5.75 Å². The summed E-state index contributed by atoms with van der Waals surface area (Å²) in [6.45, 7) is 1.67. The SMILES string of the molecule is COc1cccc(CNC(=O)CN2C(=O)N3CCCN=C3c3ccccc32)c1. The molecule has 4 rings (SSSR count). The molecule has 28 heavy (non-hydrogen) atoms. The molecular formula is C21H22N4O3. The highest BCUT2D eigenvalue weighted by atomic mass is 16.5. The van der Waals surface area contributed by atoms with E-state index in [4.69, 9.17) is 4.74 Å². The summed E-state index contributed by atoms with van der Waals surface area (Å²) >= 11 is 0. The highest BCUT2D eigenvalue weighted by molar-refractivity contribution is 6.20. The number of aliphatic imine (C=N–C) groups is 1. The van der Waals surface area contributed by atoms with Gasteiger partial charge in [0.1, 0.15) is 18.1 Å². The molecule has 7 heteroatoms. The lowest BCUT2D eigenvalue weighted by molar-refractivity contribution is -0.119. The van der Waals surface area contributed by atoms with Crippen molar-refractivity contribution in [2.45, 2.75) is 13.0 Å². The molecule has 0 fully saturated rings. The van der Waals surface area contributed by atoms with E-state index in [1.165, 1.54) is 4.90 Å². The Kier molecular flexibility index (Phi) is 4.97. The van der Waals surface area contributed by atoms with Gasteiger partial charge in [0.25, 0.3) is 0 Å². The van der Waals surface area contributed by atoms with Crippen LogP contribution in [0.15, 0.2) is 53.5 Å². The lowest BCUT2D eigenvalue weighted by atomic mass is 10.1. The molecule has 2 aromatic carbocycles. The minimum absolute atomic E-state index is 0.0381. The number of methoxy groups -OCH3 is 1. The standard InChI is InChI=1S/C21H22N4O3/c1-28-16-7-4-6-15(12-16)13-23-19(26)14-25-18-9-3-2-8-17(18)20-22-10-5-11-24(20)21(25)27/h2-4,6-9,12H,5,10-11,13-14H2,1H3,(H,23,26). The van der Waals surface area contributed by atoms with Gasteiger partial charge in [-0.1, -0.05) is 24.3 Å². The lowest BCUT2D eigenvalue weighted by Crippen LogP contribution is -2.55. The molecule has 0 radical (unpaired) electrons. The fourth-order valence-electron chi connectivity index (χ4n) is 3.50. The summed E-state index contributed by atoms with van der Waals surface area (Å²) in [5, 5.41) is 2.88. The van der Waals surface area contributed by atoms with Gasteiger partial charge >= 0.3 is 6.03 Å².